The Balaban J connectivity index is 0.000000392. The molecule has 0 saturated heterocycles. The van der Waals surface area contributed by atoms with Crippen molar-refractivity contribution in [3.63, 3.8) is 0 Å². The zero-order chi connectivity index (χ0) is 26.5. The molecule has 0 fully saturated rings. The third kappa shape index (κ3) is 6.15. The molecule has 12 heteroatoms. The van der Waals surface area contributed by atoms with Gasteiger partial charge in [0, 0.05) is 12.1 Å². The van der Waals surface area contributed by atoms with Crippen LogP contribution in [0.3, 0.4) is 0 Å². The molecule has 1 heterocycles. The van der Waals surface area contributed by atoms with E-state index in [9.17, 15) is 27.9 Å². The van der Waals surface area contributed by atoms with Gasteiger partial charge in [0.05, 0.1) is 16.3 Å². The van der Waals surface area contributed by atoms with Crippen molar-refractivity contribution in [2.24, 2.45) is 0 Å². The molecule has 36 heavy (non-hydrogen) atoms. The minimum absolute atomic E-state index is 0.00619. The van der Waals surface area contributed by atoms with Crippen molar-refractivity contribution in [2.45, 2.75) is 18.7 Å². The summed E-state index contributed by atoms with van der Waals surface area (Å²) in [6, 6.07) is 23.9. The zero-order valence-corrected chi connectivity index (χ0v) is 19.1. The van der Waals surface area contributed by atoms with Gasteiger partial charge >= 0.3 is 17.4 Å². The van der Waals surface area contributed by atoms with Gasteiger partial charge in [-0.05, 0) is 17.7 Å². The highest BCUT2D eigenvalue weighted by Crippen LogP contribution is 2.25. The third-order valence-electron chi connectivity index (χ3n) is 4.96. The van der Waals surface area contributed by atoms with Crippen molar-refractivity contribution in [2.75, 3.05) is 0 Å². The van der Waals surface area contributed by atoms with Crippen LogP contribution in [0.15, 0.2) is 78.9 Å². The highest BCUT2D eigenvalue weighted by Gasteiger charge is 2.37. The fourth-order valence-electron chi connectivity index (χ4n) is 3.43. The lowest BCUT2D eigenvalue weighted by Gasteiger charge is -2.09. The number of nitrogens with zero attached hydrogens (tertiary/aromatic N) is 1. The Labute approximate surface area is 202 Å². The molecule has 8 nitrogen and oxygen atoms in total. The largest absolute Gasteiger partial charge is 0.741 e. The van der Waals surface area contributed by atoms with Gasteiger partial charge in [0.2, 0.25) is 17.6 Å². The molecule has 0 aliphatic rings. The molecule has 0 aliphatic heterocycles. The Kier molecular flexibility index (Phi) is 7.90. The number of fused-ring (bicyclic) bond motifs is 2. The number of aromatic carboxylic acids is 1. The first-order valence-electron chi connectivity index (χ1n) is 10.2. The summed E-state index contributed by atoms with van der Waals surface area (Å²) in [4.78, 5) is 24.5. The number of halogens is 3. The lowest BCUT2D eigenvalue weighted by atomic mass is 10.0. The van der Waals surface area contributed by atoms with Gasteiger partial charge in [-0.25, -0.2) is 18.0 Å². The van der Waals surface area contributed by atoms with E-state index < -0.39 is 21.6 Å². The molecule has 0 saturated carbocycles. The summed E-state index contributed by atoms with van der Waals surface area (Å²) < 4.78 is 66.1. The second-order valence-electron chi connectivity index (χ2n) is 7.35. The predicted octanol–water partition coefficient (Wildman–Crippen LogP) is 3.77. The molecule has 4 rings (SSSR count). The number of pyridine rings is 1. The summed E-state index contributed by atoms with van der Waals surface area (Å²) in [5, 5.41) is 10.9. The summed E-state index contributed by atoms with van der Waals surface area (Å²) in [7, 11) is -6.09. The monoisotopic (exact) mass is 521 g/mol. The minimum Gasteiger partial charge on any atom is -0.741 e. The van der Waals surface area contributed by atoms with Gasteiger partial charge < -0.3 is 14.4 Å². The Morgan fingerprint density at radius 1 is 0.861 bits per heavy atom. The van der Waals surface area contributed by atoms with Gasteiger partial charge in [0.25, 0.3) is 0 Å². The molecule has 0 radical (unpaired) electrons. The quantitative estimate of drug-likeness (QED) is 0.139. The van der Waals surface area contributed by atoms with Crippen LogP contribution in [0, 0.1) is 0 Å². The molecule has 0 amide bonds. The Morgan fingerprint density at radius 2 is 1.31 bits per heavy atom. The van der Waals surface area contributed by atoms with Crippen LogP contribution in [0.2, 0.25) is 0 Å². The van der Waals surface area contributed by atoms with E-state index in [2.05, 4.69) is 0 Å². The van der Waals surface area contributed by atoms with E-state index in [1.165, 1.54) is 0 Å². The highest BCUT2D eigenvalue weighted by molar-refractivity contribution is 7.86. The SMILES string of the molecule is O=C(C[n+]1c2ccccc2c(C(=O)O)c2ccccc21)OCc1ccccc1.O=S(=O)([O-])C(F)(F)F. The van der Waals surface area contributed by atoms with Gasteiger partial charge in [-0.2, -0.15) is 17.7 Å². The van der Waals surface area contributed by atoms with E-state index in [-0.39, 0.29) is 24.7 Å². The van der Waals surface area contributed by atoms with Crippen LogP contribution in [0.4, 0.5) is 13.2 Å². The Hall–Kier alpha value is -4.03. The number of aromatic nitrogens is 1. The number of carbonyl (C=O) groups is 2. The number of carbonyl (C=O) groups excluding carboxylic acids is 1. The van der Waals surface area contributed by atoms with Crippen molar-refractivity contribution in [3.8, 4) is 0 Å². The molecule has 0 spiro atoms. The van der Waals surface area contributed by atoms with Crippen molar-refractivity contribution in [1.82, 2.24) is 0 Å². The summed E-state index contributed by atoms with van der Waals surface area (Å²) in [6.45, 7) is 0.192. The van der Waals surface area contributed by atoms with Crippen molar-refractivity contribution in [3.05, 3.63) is 90.0 Å². The van der Waals surface area contributed by atoms with Crippen LogP contribution >= 0.6 is 0 Å². The maximum absolute atomic E-state index is 12.5. The number of hydrogen-bond acceptors (Lipinski definition) is 6. The lowest BCUT2D eigenvalue weighted by Crippen LogP contribution is -2.40. The van der Waals surface area contributed by atoms with Crippen LogP contribution in [-0.4, -0.2) is 35.5 Å². The maximum Gasteiger partial charge on any atom is 0.485 e. The van der Waals surface area contributed by atoms with Crippen LogP contribution in [-0.2, 0) is 32.8 Å². The Bertz CT molecular complexity index is 1460. The molecule has 188 valence electrons. The maximum atomic E-state index is 12.5. The second kappa shape index (κ2) is 10.7. The number of hydrogen-bond donors (Lipinski definition) is 1. The smallest absolute Gasteiger partial charge is 0.485 e. The van der Waals surface area contributed by atoms with Crippen LogP contribution in [0.25, 0.3) is 21.8 Å². The molecule has 1 aromatic heterocycles. The highest BCUT2D eigenvalue weighted by atomic mass is 32.2. The van der Waals surface area contributed by atoms with Crippen molar-refractivity contribution in [1.29, 1.82) is 0 Å². The fraction of sp³-hybridized carbons (Fsp3) is 0.125. The van der Waals surface area contributed by atoms with Crippen molar-refractivity contribution < 1.29 is 50.1 Å². The summed E-state index contributed by atoms with van der Waals surface area (Å²) in [6.07, 6.45) is 0. The van der Waals surface area contributed by atoms with Crippen molar-refractivity contribution >= 4 is 43.9 Å². The standard InChI is InChI=1S/C23H17NO4.CHF3O3S/c25-21(28-15-16-8-2-1-3-9-16)14-24-19-12-6-4-10-17(19)22(23(26)27)18-11-5-7-13-20(18)24;2-1(3,4)8(5,6)7/h1-13H,14-15H2;(H,5,6,7). The lowest BCUT2D eigenvalue weighted by molar-refractivity contribution is -0.633. The number of carboxylic acids is 1. The third-order valence-corrected chi connectivity index (χ3v) is 5.52. The number of alkyl halides is 3. The average Bonchev–Trinajstić information content (AvgIpc) is 2.82. The predicted molar refractivity (Wildman–Crippen MR) is 121 cm³/mol. The minimum atomic E-state index is -6.09. The van der Waals surface area contributed by atoms with E-state index in [4.69, 9.17) is 17.7 Å². The topological polar surface area (TPSA) is 125 Å². The van der Waals surface area contributed by atoms with Gasteiger partial charge in [-0.3, -0.25) is 0 Å². The fourth-order valence-corrected chi connectivity index (χ4v) is 3.43. The van der Waals surface area contributed by atoms with Gasteiger partial charge in [0.15, 0.2) is 10.1 Å². The van der Waals surface area contributed by atoms with E-state index in [0.29, 0.717) is 21.8 Å². The normalized spacial score (nSPS) is 11.6. The van der Waals surface area contributed by atoms with E-state index in [0.717, 1.165) is 5.56 Å². The molecule has 0 aliphatic carbocycles. The first kappa shape index (κ1) is 26.6. The number of benzene rings is 3. The molecular weight excluding hydrogens is 503 g/mol. The summed E-state index contributed by atoms with van der Waals surface area (Å²) >= 11 is 0. The summed E-state index contributed by atoms with van der Waals surface area (Å²) in [5.41, 5.74) is -3.14. The molecule has 3 aromatic carbocycles. The number of carboxylic acid groups (broad SMARTS) is 1. The van der Waals surface area contributed by atoms with E-state index in [1.807, 2.05) is 59.2 Å². The molecule has 1 N–H and O–H groups in total. The molecule has 0 bridgehead atoms. The molecule has 0 unspecified atom stereocenters. The average molecular weight is 521 g/mol. The second-order valence-corrected chi connectivity index (χ2v) is 8.72. The summed E-state index contributed by atoms with van der Waals surface area (Å²) in [5.74, 6) is -1.38. The van der Waals surface area contributed by atoms with E-state index >= 15 is 0 Å². The number of ether oxygens (including phenoxy) is 1. The first-order chi connectivity index (χ1) is 16.9. The van der Waals surface area contributed by atoms with E-state index in [1.54, 1.807) is 24.3 Å². The number of esters is 1. The molecule has 0 atom stereocenters. The van der Waals surface area contributed by atoms with Gasteiger partial charge in [0.1, 0.15) is 6.61 Å². The molecule has 4 aromatic rings. The number of rotatable bonds is 5. The van der Waals surface area contributed by atoms with Gasteiger partial charge in [-0.1, -0.05) is 54.6 Å². The van der Waals surface area contributed by atoms with Crippen LogP contribution < -0.4 is 4.57 Å². The Morgan fingerprint density at radius 3 is 1.75 bits per heavy atom. The number of para-hydroxylation sites is 2. The van der Waals surface area contributed by atoms with Gasteiger partial charge in [-0.15, -0.1) is 0 Å². The van der Waals surface area contributed by atoms with Crippen LogP contribution in [0.5, 0.6) is 0 Å². The first-order valence-corrected chi connectivity index (χ1v) is 11.6. The van der Waals surface area contributed by atoms with Crippen LogP contribution in [0.1, 0.15) is 15.9 Å². The molecular formula is C24H18F3NO7S. The zero-order valence-electron chi connectivity index (χ0n) is 18.3.